The van der Waals surface area contributed by atoms with Gasteiger partial charge in [-0.2, -0.15) is 0 Å². The molecule has 0 saturated carbocycles. The molecule has 0 spiro atoms. The highest BCUT2D eigenvalue weighted by Gasteiger charge is 2.12. The molecule has 0 heterocycles. The number of carbonyl (C=O) groups is 2. The second-order valence-corrected chi connectivity index (χ2v) is 5.70. The first-order valence-electron chi connectivity index (χ1n) is 6.83. The number of esters is 1. The first kappa shape index (κ1) is 16.2. The summed E-state index contributed by atoms with van der Waals surface area (Å²) in [7, 11) is 0. The zero-order chi connectivity index (χ0) is 15.9. The van der Waals surface area contributed by atoms with Gasteiger partial charge in [0.05, 0.1) is 11.6 Å². The highest BCUT2D eigenvalue weighted by molar-refractivity contribution is 9.10. The summed E-state index contributed by atoms with van der Waals surface area (Å²) in [5.41, 5.74) is 1.40. The van der Waals surface area contributed by atoms with E-state index in [1.165, 1.54) is 0 Å². The standard InChI is InChI=1S/C17H16BrNO3/c1-12(13-7-9-15(18)10-8-13)19-16(20)11-22-17(21)14-5-3-2-4-6-14/h2-10,12H,11H2,1H3,(H,19,20)/t12-/m0/s1. The Hall–Kier alpha value is -2.14. The van der Waals surface area contributed by atoms with Crippen LogP contribution in [0.1, 0.15) is 28.9 Å². The van der Waals surface area contributed by atoms with E-state index < -0.39 is 5.97 Å². The number of hydrogen-bond acceptors (Lipinski definition) is 3. The quantitative estimate of drug-likeness (QED) is 0.829. The first-order valence-corrected chi connectivity index (χ1v) is 7.62. The van der Waals surface area contributed by atoms with Crippen LogP contribution in [0.25, 0.3) is 0 Å². The van der Waals surface area contributed by atoms with Gasteiger partial charge < -0.3 is 10.1 Å². The fourth-order valence-electron chi connectivity index (χ4n) is 1.91. The van der Waals surface area contributed by atoms with Crippen molar-refractivity contribution >= 4 is 27.8 Å². The molecule has 0 radical (unpaired) electrons. The summed E-state index contributed by atoms with van der Waals surface area (Å²) in [6.45, 7) is 1.58. The van der Waals surface area contributed by atoms with Crippen LogP contribution < -0.4 is 5.32 Å². The predicted octanol–water partition coefficient (Wildman–Crippen LogP) is 3.48. The molecular weight excluding hydrogens is 346 g/mol. The van der Waals surface area contributed by atoms with Crippen molar-refractivity contribution in [2.24, 2.45) is 0 Å². The molecule has 5 heteroatoms. The zero-order valence-corrected chi connectivity index (χ0v) is 13.7. The number of halogens is 1. The van der Waals surface area contributed by atoms with E-state index >= 15 is 0 Å². The molecule has 2 aromatic carbocycles. The van der Waals surface area contributed by atoms with Crippen molar-refractivity contribution in [3.05, 3.63) is 70.2 Å². The molecule has 2 aromatic rings. The summed E-state index contributed by atoms with van der Waals surface area (Å²) in [4.78, 5) is 23.6. The average Bonchev–Trinajstić information content (AvgIpc) is 2.54. The monoisotopic (exact) mass is 361 g/mol. The number of benzene rings is 2. The lowest BCUT2D eigenvalue weighted by atomic mass is 10.1. The molecule has 2 rings (SSSR count). The van der Waals surface area contributed by atoms with Gasteiger partial charge in [-0.15, -0.1) is 0 Å². The third-order valence-corrected chi connectivity index (χ3v) is 3.62. The van der Waals surface area contributed by atoms with Crippen LogP contribution in [0.2, 0.25) is 0 Å². The molecule has 1 atom stereocenters. The summed E-state index contributed by atoms with van der Waals surface area (Å²) in [5, 5.41) is 2.79. The van der Waals surface area contributed by atoms with Gasteiger partial charge in [-0.1, -0.05) is 46.3 Å². The minimum absolute atomic E-state index is 0.156. The van der Waals surface area contributed by atoms with Crippen LogP contribution in [0.4, 0.5) is 0 Å². The molecule has 0 bridgehead atoms. The fourth-order valence-corrected chi connectivity index (χ4v) is 2.17. The van der Waals surface area contributed by atoms with E-state index in [4.69, 9.17) is 4.74 Å². The Labute approximate surface area is 137 Å². The van der Waals surface area contributed by atoms with Crippen molar-refractivity contribution in [1.29, 1.82) is 0 Å². The van der Waals surface area contributed by atoms with E-state index in [1.54, 1.807) is 24.3 Å². The van der Waals surface area contributed by atoms with E-state index in [-0.39, 0.29) is 18.6 Å². The molecule has 114 valence electrons. The van der Waals surface area contributed by atoms with E-state index in [9.17, 15) is 9.59 Å². The van der Waals surface area contributed by atoms with Crippen molar-refractivity contribution in [1.82, 2.24) is 5.32 Å². The van der Waals surface area contributed by atoms with Gasteiger partial charge >= 0.3 is 5.97 Å². The lowest BCUT2D eigenvalue weighted by Crippen LogP contribution is -2.31. The largest absolute Gasteiger partial charge is 0.452 e. The van der Waals surface area contributed by atoms with Crippen LogP contribution in [-0.4, -0.2) is 18.5 Å². The van der Waals surface area contributed by atoms with Gasteiger partial charge in [-0.05, 0) is 36.8 Å². The van der Waals surface area contributed by atoms with Crippen LogP contribution in [-0.2, 0) is 9.53 Å². The minimum atomic E-state index is -0.507. The van der Waals surface area contributed by atoms with E-state index in [1.807, 2.05) is 37.3 Å². The molecule has 0 saturated heterocycles. The van der Waals surface area contributed by atoms with Crippen LogP contribution in [0.15, 0.2) is 59.1 Å². The summed E-state index contributed by atoms with van der Waals surface area (Å²) >= 11 is 3.36. The summed E-state index contributed by atoms with van der Waals surface area (Å²) in [6, 6.07) is 16.1. The Balaban J connectivity index is 1.83. The molecule has 4 nitrogen and oxygen atoms in total. The predicted molar refractivity (Wildman–Crippen MR) is 87.4 cm³/mol. The molecule has 0 fully saturated rings. The molecule has 1 amide bonds. The number of nitrogens with one attached hydrogen (secondary N) is 1. The average molecular weight is 362 g/mol. The van der Waals surface area contributed by atoms with Gasteiger partial charge in [0.25, 0.3) is 5.91 Å². The molecule has 0 unspecified atom stereocenters. The Bertz CT molecular complexity index is 641. The van der Waals surface area contributed by atoms with Gasteiger partial charge in [0.15, 0.2) is 6.61 Å². The van der Waals surface area contributed by atoms with Crippen molar-refractivity contribution in [2.75, 3.05) is 6.61 Å². The molecule has 0 aliphatic carbocycles. The maximum absolute atomic E-state index is 11.8. The second kappa shape index (κ2) is 7.75. The van der Waals surface area contributed by atoms with Crippen LogP contribution >= 0.6 is 15.9 Å². The molecular formula is C17H16BrNO3. The Morgan fingerprint density at radius 2 is 1.73 bits per heavy atom. The number of amides is 1. The number of rotatable bonds is 5. The van der Waals surface area contributed by atoms with Crippen molar-refractivity contribution in [2.45, 2.75) is 13.0 Å². The lowest BCUT2D eigenvalue weighted by Gasteiger charge is -2.14. The van der Waals surface area contributed by atoms with Gasteiger partial charge in [0.1, 0.15) is 0 Å². The van der Waals surface area contributed by atoms with Crippen LogP contribution in [0.5, 0.6) is 0 Å². The Kier molecular flexibility index (Phi) is 5.72. The van der Waals surface area contributed by atoms with Crippen LogP contribution in [0.3, 0.4) is 0 Å². The van der Waals surface area contributed by atoms with Crippen molar-refractivity contribution < 1.29 is 14.3 Å². The van der Waals surface area contributed by atoms with Crippen molar-refractivity contribution in [3.63, 3.8) is 0 Å². The summed E-state index contributed by atoms with van der Waals surface area (Å²) in [5.74, 6) is -0.841. The molecule has 22 heavy (non-hydrogen) atoms. The molecule has 0 aliphatic rings. The van der Waals surface area contributed by atoms with Crippen LogP contribution in [0, 0.1) is 0 Å². The Morgan fingerprint density at radius 1 is 1.09 bits per heavy atom. The Morgan fingerprint density at radius 3 is 2.36 bits per heavy atom. The van der Waals surface area contributed by atoms with Gasteiger partial charge in [0.2, 0.25) is 0 Å². The SMILES string of the molecule is C[C@H](NC(=O)COC(=O)c1ccccc1)c1ccc(Br)cc1. The van der Waals surface area contributed by atoms with E-state index in [0.29, 0.717) is 5.56 Å². The topological polar surface area (TPSA) is 55.4 Å². The third-order valence-electron chi connectivity index (χ3n) is 3.09. The third kappa shape index (κ3) is 4.70. The van der Waals surface area contributed by atoms with Gasteiger partial charge in [-0.3, -0.25) is 4.79 Å². The minimum Gasteiger partial charge on any atom is -0.452 e. The maximum Gasteiger partial charge on any atom is 0.338 e. The number of hydrogen-bond donors (Lipinski definition) is 1. The zero-order valence-electron chi connectivity index (χ0n) is 12.1. The maximum atomic E-state index is 11.8. The van der Waals surface area contributed by atoms with Crippen molar-refractivity contribution in [3.8, 4) is 0 Å². The molecule has 0 aliphatic heterocycles. The van der Waals surface area contributed by atoms with E-state index in [2.05, 4.69) is 21.2 Å². The number of carbonyl (C=O) groups excluding carboxylic acids is 2. The fraction of sp³-hybridized carbons (Fsp3) is 0.176. The van der Waals surface area contributed by atoms with E-state index in [0.717, 1.165) is 10.0 Å². The first-order chi connectivity index (χ1) is 10.6. The number of ether oxygens (including phenoxy) is 1. The summed E-state index contributed by atoms with van der Waals surface area (Å²) in [6.07, 6.45) is 0. The smallest absolute Gasteiger partial charge is 0.338 e. The molecule has 0 aromatic heterocycles. The molecule has 1 N–H and O–H groups in total. The summed E-state index contributed by atoms with van der Waals surface area (Å²) < 4.78 is 5.97. The second-order valence-electron chi connectivity index (χ2n) is 4.78. The highest BCUT2D eigenvalue weighted by Crippen LogP contribution is 2.16. The highest BCUT2D eigenvalue weighted by atomic mass is 79.9. The normalized spacial score (nSPS) is 11.5. The van der Waals surface area contributed by atoms with Gasteiger partial charge in [-0.25, -0.2) is 4.79 Å². The lowest BCUT2D eigenvalue weighted by molar-refractivity contribution is -0.124. The van der Waals surface area contributed by atoms with Gasteiger partial charge in [0, 0.05) is 4.47 Å².